The van der Waals surface area contributed by atoms with Crippen molar-refractivity contribution in [2.24, 2.45) is 0 Å². The summed E-state index contributed by atoms with van der Waals surface area (Å²) in [6, 6.07) is 0.161. The number of benzene rings is 1. The highest BCUT2D eigenvalue weighted by Crippen LogP contribution is 2.40. The normalized spacial score (nSPS) is 14.9. The Bertz CT molecular complexity index is 691. The van der Waals surface area contributed by atoms with Crippen LogP contribution in [0.5, 0.6) is 0 Å². The molecular weight excluding hydrogens is 282 g/mol. The minimum absolute atomic E-state index is 0.00178. The van der Waals surface area contributed by atoms with E-state index >= 15 is 0 Å². The summed E-state index contributed by atoms with van der Waals surface area (Å²) in [6.07, 6.45) is 1.58. The van der Waals surface area contributed by atoms with Crippen LogP contribution in [0.25, 0.3) is 5.69 Å². The van der Waals surface area contributed by atoms with E-state index in [0.29, 0.717) is 0 Å². The molecule has 0 amide bonds. The first-order valence-electron chi connectivity index (χ1n) is 5.51. The molecule has 0 saturated heterocycles. The number of hydrogen-bond donors (Lipinski definition) is 1. The average molecular weight is 289 g/mol. The van der Waals surface area contributed by atoms with Gasteiger partial charge >= 0.3 is 0 Å². The Hall–Kier alpha value is -1.70. The van der Waals surface area contributed by atoms with E-state index in [0.717, 1.165) is 17.4 Å². The van der Waals surface area contributed by atoms with Crippen LogP contribution in [0, 0.1) is 28.0 Å². The van der Waals surface area contributed by atoms with Gasteiger partial charge in [-0.3, -0.25) is 9.67 Å². The van der Waals surface area contributed by atoms with Crippen LogP contribution < -0.4 is 0 Å². The van der Waals surface area contributed by atoms with Gasteiger partial charge in [0.05, 0.1) is 0 Å². The number of halogens is 4. The molecule has 0 spiro atoms. The summed E-state index contributed by atoms with van der Waals surface area (Å²) in [7, 11) is 0. The molecule has 1 saturated carbocycles. The van der Waals surface area contributed by atoms with Gasteiger partial charge in [-0.1, -0.05) is 0 Å². The van der Waals surface area contributed by atoms with Crippen molar-refractivity contribution in [2.45, 2.75) is 18.8 Å². The zero-order valence-corrected chi connectivity index (χ0v) is 10.2. The van der Waals surface area contributed by atoms with Crippen LogP contribution in [0.2, 0.25) is 0 Å². The number of rotatable bonds is 2. The molecule has 19 heavy (non-hydrogen) atoms. The van der Waals surface area contributed by atoms with Gasteiger partial charge in [-0.15, -0.1) is 0 Å². The van der Waals surface area contributed by atoms with Crippen LogP contribution in [-0.4, -0.2) is 14.8 Å². The lowest BCUT2D eigenvalue weighted by Crippen LogP contribution is -2.09. The van der Waals surface area contributed by atoms with Crippen molar-refractivity contribution in [3.8, 4) is 5.69 Å². The number of nitrogens with one attached hydrogen (secondary N) is 1. The molecule has 3 nitrogen and oxygen atoms in total. The fraction of sp³-hybridized carbons (Fsp3) is 0.273. The van der Waals surface area contributed by atoms with E-state index in [2.05, 4.69) is 10.2 Å². The van der Waals surface area contributed by atoms with Crippen LogP contribution in [0.4, 0.5) is 17.6 Å². The Morgan fingerprint density at radius 3 is 2.26 bits per heavy atom. The van der Waals surface area contributed by atoms with E-state index < -0.39 is 29.0 Å². The fourth-order valence-electron chi connectivity index (χ4n) is 1.90. The lowest BCUT2D eigenvalue weighted by molar-refractivity contribution is 0.446. The summed E-state index contributed by atoms with van der Waals surface area (Å²) in [5, 5.41) is 6.25. The maximum Gasteiger partial charge on any atom is 0.200 e. The number of aromatic amines is 1. The molecule has 0 aliphatic heterocycles. The zero-order valence-electron chi connectivity index (χ0n) is 9.38. The molecule has 2 aromatic rings. The second-order valence-corrected chi connectivity index (χ2v) is 4.70. The number of H-pyrrole nitrogens is 1. The number of hydrogen-bond acceptors (Lipinski definition) is 2. The molecule has 0 atom stereocenters. The molecule has 1 aliphatic carbocycles. The zero-order chi connectivity index (χ0) is 13.7. The maximum atomic E-state index is 13.8. The predicted molar refractivity (Wildman–Crippen MR) is 60.6 cm³/mol. The van der Waals surface area contributed by atoms with Gasteiger partial charge in [0.25, 0.3) is 0 Å². The lowest BCUT2D eigenvalue weighted by atomic mass is 10.2. The first-order valence-corrected chi connectivity index (χ1v) is 5.92. The molecule has 100 valence electrons. The highest BCUT2D eigenvalue weighted by molar-refractivity contribution is 7.71. The standard InChI is InChI=1S/C11H7F4N3S/c12-5-3-6(13)8(15)9(7(5)14)18-10(4-1-2-4)16-17-11(18)19/h3-4H,1-2H2,(H,17,19). The maximum absolute atomic E-state index is 13.8. The van der Waals surface area contributed by atoms with Gasteiger partial charge in [-0.25, -0.2) is 17.6 Å². The van der Waals surface area contributed by atoms with Crippen LogP contribution >= 0.6 is 12.2 Å². The molecule has 1 heterocycles. The molecule has 1 N–H and O–H groups in total. The second kappa shape index (κ2) is 4.16. The Morgan fingerprint density at radius 2 is 1.74 bits per heavy atom. The minimum Gasteiger partial charge on any atom is -0.266 e. The molecule has 1 aliphatic rings. The summed E-state index contributed by atoms with van der Waals surface area (Å²) in [5.74, 6) is -5.64. The average Bonchev–Trinajstić information content (AvgIpc) is 3.13. The van der Waals surface area contributed by atoms with E-state index in [1.807, 2.05) is 0 Å². The Morgan fingerprint density at radius 1 is 1.16 bits per heavy atom. The summed E-state index contributed by atoms with van der Waals surface area (Å²) in [4.78, 5) is 0. The quantitative estimate of drug-likeness (QED) is 0.522. The number of aromatic nitrogens is 3. The van der Waals surface area contributed by atoms with E-state index in [4.69, 9.17) is 12.2 Å². The molecule has 3 rings (SSSR count). The van der Waals surface area contributed by atoms with Crippen molar-refractivity contribution in [3.05, 3.63) is 39.9 Å². The molecule has 1 fully saturated rings. The van der Waals surface area contributed by atoms with Crippen molar-refractivity contribution >= 4 is 12.2 Å². The molecule has 0 radical (unpaired) electrons. The van der Waals surface area contributed by atoms with Gasteiger partial charge in [0.2, 0.25) is 0 Å². The predicted octanol–water partition coefficient (Wildman–Crippen LogP) is 3.36. The van der Waals surface area contributed by atoms with Gasteiger partial charge < -0.3 is 0 Å². The summed E-state index contributed by atoms with van der Waals surface area (Å²) in [6.45, 7) is 0. The van der Waals surface area contributed by atoms with Crippen molar-refractivity contribution in [3.63, 3.8) is 0 Å². The van der Waals surface area contributed by atoms with Crippen molar-refractivity contribution < 1.29 is 17.6 Å². The topological polar surface area (TPSA) is 33.6 Å². The summed E-state index contributed by atoms with van der Waals surface area (Å²) < 4.78 is 54.8. The van der Waals surface area contributed by atoms with E-state index in [1.165, 1.54) is 0 Å². The van der Waals surface area contributed by atoms with Crippen molar-refractivity contribution in [1.82, 2.24) is 14.8 Å². The Kier molecular flexibility index (Phi) is 2.70. The minimum atomic E-state index is -1.49. The van der Waals surface area contributed by atoms with Crippen molar-refractivity contribution in [1.29, 1.82) is 0 Å². The molecule has 1 aromatic carbocycles. The SMILES string of the molecule is Fc1cc(F)c(F)c(-n2c(C3CC3)n[nH]c2=S)c1F. The molecular formula is C11H7F4N3S. The third kappa shape index (κ3) is 1.86. The van der Waals surface area contributed by atoms with Crippen molar-refractivity contribution in [2.75, 3.05) is 0 Å². The van der Waals surface area contributed by atoms with Gasteiger partial charge in [0.15, 0.2) is 28.0 Å². The summed E-state index contributed by atoms with van der Waals surface area (Å²) in [5.41, 5.74) is -0.863. The highest BCUT2D eigenvalue weighted by atomic mass is 32.1. The van der Waals surface area contributed by atoms with Gasteiger partial charge in [0, 0.05) is 12.0 Å². The molecule has 0 unspecified atom stereocenters. The first-order chi connectivity index (χ1) is 9.00. The monoisotopic (exact) mass is 289 g/mol. The third-order valence-electron chi connectivity index (χ3n) is 2.95. The van der Waals surface area contributed by atoms with E-state index in [-0.39, 0.29) is 22.6 Å². The van der Waals surface area contributed by atoms with Crippen LogP contribution in [-0.2, 0) is 0 Å². The lowest BCUT2D eigenvalue weighted by Gasteiger charge is -2.09. The highest BCUT2D eigenvalue weighted by Gasteiger charge is 2.32. The summed E-state index contributed by atoms with van der Waals surface area (Å²) >= 11 is 4.87. The van der Waals surface area contributed by atoms with Gasteiger partial charge in [0.1, 0.15) is 11.5 Å². The number of nitrogens with zero attached hydrogens (tertiary/aromatic N) is 2. The second-order valence-electron chi connectivity index (χ2n) is 4.31. The van der Waals surface area contributed by atoms with E-state index in [9.17, 15) is 17.6 Å². The third-order valence-corrected chi connectivity index (χ3v) is 3.23. The van der Waals surface area contributed by atoms with Crippen LogP contribution in [0.3, 0.4) is 0 Å². The first kappa shape index (κ1) is 12.3. The molecule has 8 heteroatoms. The smallest absolute Gasteiger partial charge is 0.200 e. The Balaban J connectivity index is 2.33. The van der Waals surface area contributed by atoms with Gasteiger partial charge in [-0.2, -0.15) is 5.10 Å². The van der Waals surface area contributed by atoms with Gasteiger partial charge in [-0.05, 0) is 25.1 Å². The Labute approximate surface area is 109 Å². The largest absolute Gasteiger partial charge is 0.266 e. The molecule has 0 bridgehead atoms. The fourth-order valence-corrected chi connectivity index (χ4v) is 2.13. The van der Waals surface area contributed by atoms with Crippen LogP contribution in [0.1, 0.15) is 24.6 Å². The van der Waals surface area contributed by atoms with Crippen LogP contribution in [0.15, 0.2) is 6.07 Å². The molecule has 1 aromatic heterocycles. The van der Waals surface area contributed by atoms with E-state index in [1.54, 1.807) is 0 Å².